The molecule has 0 atom stereocenters. The molecule has 0 aliphatic carbocycles. The van der Waals surface area contributed by atoms with Gasteiger partial charge in [0.15, 0.2) is 0 Å². The standard InChI is InChI=1S/C13H25N3O4/c1-6-7-15(8-11(17)14(4)5)13(20)16(10(2)3)9-12(18)19/h10H,6-9H2,1-5H3,(H,18,19). The first-order chi connectivity index (χ1) is 9.20. The second-order valence-corrected chi connectivity index (χ2v) is 5.11. The van der Waals surface area contributed by atoms with Crippen LogP contribution in [-0.2, 0) is 9.59 Å². The summed E-state index contributed by atoms with van der Waals surface area (Å²) in [5, 5.41) is 8.88. The van der Waals surface area contributed by atoms with Gasteiger partial charge in [-0.2, -0.15) is 0 Å². The fraction of sp³-hybridized carbons (Fsp3) is 0.769. The Morgan fingerprint density at radius 1 is 1.10 bits per heavy atom. The van der Waals surface area contributed by atoms with Crippen molar-refractivity contribution in [2.75, 3.05) is 33.7 Å². The van der Waals surface area contributed by atoms with Crippen LogP contribution in [0.4, 0.5) is 4.79 Å². The van der Waals surface area contributed by atoms with Crippen molar-refractivity contribution in [3.63, 3.8) is 0 Å². The lowest BCUT2D eigenvalue weighted by Gasteiger charge is -2.32. The lowest BCUT2D eigenvalue weighted by Crippen LogP contribution is -2.51. The van der Waals surface area contributed by atoms with Gasteiger partial charge in [-0.05, 0) is 20.3 Å². The summed E-state index contributed by atoms with van der Waals surface area (Å²) in [6.07, 6.45) is 0.700. The lowest BCUT2D eigenvalue weighted by molar-refractivity contribution is -0.138. The third-order valence-electron chi connectivity index (χ3n) is 2.76. The molecule has 0 heterocycles. The molecule has 0 unspecified atom stereocenters. The summed E-state index contributed by atoms with van der Waals surface area (Å²) in [6.45, 7) is 5.41. The minimum atomic E-state index is -1.07. The largest absolute Gasteiger partial charge is 0.480 e. The van der Waals surface area contributed by atoms with E-state index < -0.39 is 12.0 Å². The SMILES string of the molecule is CCCN(CC(=O)N(C)C)C(=O)N(CC(=O)O)C(C)C. The Kier molecular flexibility index (Phi) is 7.64. The van der Waals surface area contributed by atoms with E-state index in [1.54, 1.807) is 27.9 Å². The van der Waals surface area contributed by atoms with Crippen molar-refractivity contribution in [2.24, 2.45) is 0 Å². The Hall–Kier alpha value is -1.79. The molecule has 0 aromatic rings. The summed E-state index contributed by atoms with van der Waals surface area (Å²) in [6, 6.07) is -0.660. The van der Waals surface area contributed by atoms with Gasteiger partial charge in [0.25, 0.3) is 0 Å². The summed E-state index contributed by atoms with van der Waals surface area (Å²) in [7, 11) is 3.24. The zero-order chi connectivity index (χ0) is 15.9. The molecule has 0 rings (SSSR count). The molecule has 1 N–H and O–H groups in total. The zero-order valence-electron chi connectivity index (χ0n) is 12.9. The Morgan fingerprint density at radius 2 is 1.65 bits per heavy atom. The topological polar surface area (TPSA) is 81.2 Å². The van der Waals surface area contributed by atoms with Gasteiger partial charge in [-0.3, -0.25) is 9.59 Å². The average molecular weight is 287 g/mol. The highest BCUT2D eigenvalue weighted by atomic mass is 16.4. The van der Waals surface area contributed by atoms with Crippen LogP contribution in [0.2, 0.25) is 0 Å². The van der Waals surface area contributed by atoms with E-state index in [2.05, 4.69) is 0 Å². The van der Waals surface area contributed by atoms with Crippen LogP contribution in [0.5, 0.6) is 0 Å². The fourth-order valence-electron chi connectivity index (χ4n) is 1.62. The molecule has 0 aliphatic rings. The predicted molar refractivity (Wildman–Crippen MR) is 75.4 cm³/mol. The summed E-state index contributed by atoms with van der Waals surface area (Å²) in [5.74, 6) is -1.26. The molecule has 0 saturated carbocycles. The summed E-state index contributed by atoms with van der Waals surface area (Å²) >= 11 is 0. The van der Waals surface area contributed by atoms with Gasteiger partial charge in [0.05, 0.1) is 0 Å². The van der Waals surface area contributed by atoms with Crippen molar-refractivity contribution in [3.8, 4) is 0 Å². The number of hydrogen-bond donors (Lipinski definition) is 1. The zero-order valence-corrected chi connectivity index (χ0v) is 12.9. The normalized spacial score (nSPS) is 10.3. The Morgan fingerprint density at radius 3 is 2.00 bits per heavy atom. The summed E-state index contributed by atoms with van der Waals surface area (Å²) in [4.78, 5) is 39.0. The first-order valence-electron chi connectivity index (χ1n) is 6.68. The summed E-state index contributed by atoms with van der Waals surface area (Å²) < 4.78 is 0. The molecular formula is C13H25N3O4. The predicted octanol–water partition coefficient (Wildman–Crippen LogP) is 0.702. The third-order valence-corrected chi connectivity index (χ3v) is 2.76. The second kappa shape index (κ2) is 8.39. The van der Waals surface area contributed by atoms with Crippen LogP contribution in [0.1, 0.15) is 27.2 Å². The van der Waals surface area contributed by atoms with Gasteiger partial charge in [-0.1, -0.05) is 6.92 Å². The molecule has 0 aromatic heterocycles. The maximum absolute atomic E-state index is 12.4. The highest BCUT2D eigenvalue weighted by molar-refractivity contribution is 5.85. The number of carboxylic acids is 1. The number of hydrogen-bond acceptors (Lipinski definition) is 3. The quantitative estimate of drug-likeness (QED) is 0.747. The van der Waals surface area contributed by atoms with Gasteiger partial charge in [0.1, 0.15) is 13.1 Å². The van der Waals surface area contributed by atoms with Gasteiger partial charge in [-0.15, -0.1) is 0 Å². The molecule has 7 nitrogen and oxygen atoms in total. The van der Waals surface area contributed by atoms with Crippen LogP contribution in [0.25, 0.3) is 0 Å². The monoisotopic (exact) mass is 287 g/mol. The van der Waals surface area contributed by atoms with Crippen LogP contribution in [0, 0.1) is 0 Å². The van der Waals surface area contributed by atoms with E-state index in [9.17, 15) is 14.4 Å². The van der Waals surface area contributed by atoms with Crippen LogP contribution in [-0.4, -0.2) is 77.5 Å². The van der Waals surface area contributed by atoms with Gasteiger partial charge < -0.3 is 19.8 Å². The number of nitrogens with zero attached hydrogens (tertiary/aromatic N) is 3. The number of carbonyl (C=O) groups excluding carboxylic acids is 2. The number of aliphatic carboxylic acids is 1. The number of carboxylic acid groups (broad SMARTS) is 1. The highest BCUT2D eigenvalue weighted by Crippen LogP contribution is 2.06. The maximum Gasteiger partial charge on any atom is 0.323 e. The van der Waals surface area contributed by atoms with Crippen LogP contribution in [0.3, 0.4) is 0 Å². The highest BCUT2D eigenvalue weighted by Gasteiger charge is 2.26. The van der Waals surface area contributed by atoms with Gasteiger partial charge in [-0.25, -0.2) is 4.79 Å². The Labute approximate surface area is 120 Å². The third kappa shape index (κ3) is 5.90. The molecule has 0 bridgehead atoms. The average Bonchev–Trinajstić information content (AvgIpc) is 2.33. The summed E-state index contributed by atoms with van der Waals surface area (Å²) in [5.41, 5.74) is 0. The minimum absolute atomic E-state index is 0.0392. The van der Waals surface area contributed by atoms with Gasteiger partial charge in [0, 0.05) is 26.7 Å². The van der Waals surface area contributed by atoms with Crippen LogP contribution in [0.15, 0.2) is 0 Å². The molecule has 116 valence electrons. The van der Waals surface area contributed by atoms with Crippen molar-refractivity contribution < 1.29 is 19.5 Å². The van der Waals surface area contributed by atoms with E-state index in [0.717, 1.165) is 0 Å². The Bertz CT molecular complexity index is 356. The molecule has 20 heavy (non-hydrogen) atoms. The second-order valence-electron chi connectivity index (χ2n) is 5.11. The maximum atomic E-state index is 12.4. The van der Waals surface area contributed by atoms with Crippen molar-refractivity contribution in [2.45, 2.75) is 33.2 Å². The number of amides is 3. The molecule has 0 fully saturated rings. The molecular weight excluding hydrogens is 262 g/mol. The fourth-order valence-corrected chi connectivity index (χ4v) is 1.62. The Balaban J connectivity index is 4.99. The van der Waals surface area contributed by atoms with Crippen molar-refractivity contribution >= 4 is 17.9 Å². The van der Waals surface area contributed by atoms with E-state index in [0.29, 0.717) is 13.0 Å². The molecule has 7 heteroatoms. The first kappa shape index (κ1) is 18.2. The lowest BCUT2D eigenvalue weighted by atomic mass is 10.3. The molecule has 0 aliphatic heterocycles. The number of urea groups is 1. The van der Waals surface area contributed by atoms with E-state index >= 15 is 0 Å². The minimum Gasteiger partial charge on any atom is -0.480 e. The molecule has 0 aromatic carbocycles. The number of likely N-dealkylation sites (N-methyl/N-ethyl adjacent to an activating group) is 1. The first-order valence-corrected chi connectivity index (χ1v) is 6.68. The smallest absolute Gasteiger partial charge is 0.323 e. The molecule has 0 radical (unpaired) electrons. The van der Waals surface area contributed by atoms with Crippen molar-refractivity contribution in [3.05, 3.63) is 0 Å². The number of carbonyl (C=O) groups is 3. The number of rotatable bonds is 7. The van der Waals surface area contributed by atoms with Gasteiger partial charge in [0.2, 0.25) is 5.91 Å². The molecule has 0 saturated heterocycles. The van der Waals surface area contributed by atoms with E-state index in [-0.39, 0.29) is 25.0 Å². The van der Waals surface area contributed by atoms with E-state index in [1.807, 2.05) is 6.92 Å². The van der Waals surface area contributed by atoms with E-state index in [1.165, 1.54) is 14.7 Å². The molecule has 0 spiro atoms. The van der Waals surface area contributed by atoms with Crippen LogP contribution < -0.4 is 0 Å². The van der Waals surface area contributed by atoms with E-state index in [4.69, 9.17) is 5.11 Å². The van der Waals surface area contributed by atoms with Gasteiger partial charge >= 0.3 is 12.0 Å². The van der Waals surface area contributed by atoms with Crippen molar-refractivity contribution in [1.29, 1.82) is 0 Å². The van der Waals surface area contributed by atoms with Crippen LogP contribution >= 0.6 is 0 Å². The van der Waals surface area contributed by atoms with Crippen molar-refractivity contribution in [1.82, 2.24) is 14.7 Å². The molecule has 3 amide bonds.